The van der Waals surface area contributed by atoms with Crippen LogP contribution < -0.4 is 5.32 Å². The molecule has 3 heteroatoms. The number of hydrogen-bond acceptors (Lipinski definition) is 2. The Morgan fingerprint density at radius 1 is 1.36 bits per heavy atom. The molecule has 0 amide bonds. The van der Waals surface area contributed by atoms with E-state index in [1.54, 1.807) is 6.92 Å². The van der Waals surface area contributed by atoms with Crippen molar-refractivity contribution in [1.29, 1.82) is 0 Å². The Kier molecular flexibility index (Phi) is 3.93. The number of hydrogen-bond donors (Lipinski definition) is 2. The molecule has 0 bridgehead atoms. The van der Waals surface area contributed by atoms with Crippen LogP contribution in [0.25, 0.3) is 0 Å². The molecule has 1 aliphatic carbocycles. The van der Waals surface area contributed by atoms with E-state index >= 15 is 0 Å². The van der Waals surface area contributed by atoms with Crippen molar-refractivity contribution >= 4 is 5.97 Å². The molecule has 1 fully saturated rings. The molecule has 0 radical (unpaired) electrons. The second-order valence-corrected chi connectivity index (χ2v) is 4.64. The largest absolute Gasteiger partial charge is 0.480 e. The van der Waals surface area contributed by atoms with Crippen LogP contribution >= 0.6 is 0 Å². The van der Waals surface area contributed by atoms with E-state index in [1.807, 2.05) is 0 Å². The Morgan fingerprint density at radius 3 is 2.29 bits per heavy atom. The molecule has 3 nitrogen and oxygen atoms in total. The van der Waals surface area contributed by atoms with Crippen molar-refractivity contribution in [1.82, 2.24) is 5.32 Å². The van der Waals surface area contributed by atoms with E-state index in [0.717, 1.165) is 0 Å². The fourth-order valence-electron chi connectivity index (χ4n) is 2.37. The minimum absolute atomic E-state index is 0.370. The molecule has 0 saturated heterocycles. The third-order valence-corrected chi connectivity index (χ3v) is 3.36. The molecular formula is C11H21NO2. The van der Waals surface area contributed by atoms with Crippen LogP contribution in [0.3, 0.4) is 0 Å². The predicted octanol–water partition coefficient (Wildman–Crippen LogP) is 1.87. The van der Waals surface area contributed by atoms with Gasteiger partial charge in [-0.05, 0) is 31.6 Å². The lowest BCUT2D eigenvalue weighted by Gasteiger charge is -2.36. The number of rotatable bonds is 3. The van der Waals surface area contributed by atoms with Gasteiger partial charge in [-0.1, -0.05) is 20.3 Å². The Balaban J connectivity index is 2.51. The smallest absolute Gasteiger partial charge is 0.320 e. The van der Waals surface area contributed by atoms with Gasteiger partial charge in [-0.3, -0.25) is 4.79 Å². The topological polar surface area (TPSA) is 49.3 Å². The molecule has 0 aliphatic heterocycles. The van der Waals surface area contributed by atoms with Crippen LogP contribution in [0.15, 0.2) is 0 Å². The summed E-state index contributed by atoms with van der Waals surface area (Å²) >= 11 is 0. The summed E-state index contributed by atoms with van der Waals surface area (Å²) in [5.74, 6) is 0.441. The molecule has 82 valence electrons. The van der Waals surface area contributed by atoms with Gasteiger partial charge >= 0.3 is 5.97 Å². The number of aliphatic carboxylic acids is 1. The lowest BCUT2D eigenvalue weighted by Crippen LogP contribution is -2.49. The molecule has 0 aromatic carbocycles. The van der Waals surface area contributed by atoms with E-state index in [2.05, 4.69) is 19.2 Å². The van der Waals surface area contributed by atoms with Crippen molar-refractivity contribution < 1.29 is 9.90 Å². The second-order valence-electron chi connectivity index (χ2n) is 4.64. The standard InChI is InChI=1S/C11H21NO2/c1-7-5-4-6-8(2)10(7)12-9(3)11(13)14/h7-10,12H,4-6H2,1-3H3,(H,13,14). The molecule has 3 unspecified atom stereocenters. The van der Waals surface area contributed by atoms with Crippen LogP contribution in [0.4, 0.5) is 0 Å². The van der Waals surface area contributed by atoms with E-state index in [0.29, 0.717) is 17.9 Å². The Labute approximate surface area is 85.9 Å². The normalized spacial score (nSPS) is 35.2. The van der Waals surface area contributed by atoms with Crippen LogP contribution in [0.1, 0.15) is 40.0 Å². The number of carboxylic acid groups (broad SMARTS) is 1. The zero-order valence-corrected chi connectivity index (χ0v) is 9.29. The number of carboxylic acids is 1. The highest BCUT2D eigenvalue weighted by atomic mass is 16.4. The average Bonchev–Trinajstić information content (AvgIpc) is 2.11. The first-order valence-electron chi connectivity index (χ1n) is 5.51. The lowest BCUT2D eigenvalue weighted by molar-refractivity contribution is -0.139. The molecule has 3 atom stereocenters. The van der Waals surface area contributed by atoms with E-state index < -0.39 is 12.0 Å². The lowest BCUT2D eigenvalue weighted by atomic mass is 9.78. The summed E-state index contributed by atoms with van der Waals surface area (Å²) in [6, 6.07) is -0.0575. The molecule has 0 heterocycles. The van der Waals surface area contributed by atoms with Gasteiger partial charge in [0.25, 0.3) is 0 Å². The minimum atomic E-state index is -0.755. The van der Waals surface area contributed by atoms with Gasteiger partial charge in [-0.25, -0.2) is 0 Å². The van der Waals surface area contributed by atoms with Crippen LogP contribution in [0, 0.1) is 11.8 Å². The highest BCUT2D eigenvalue weighted by Crippen LogP contribution is 2.28. The molecule has 0 aromatic heterocycles. The maximum Gasteiger partial charge on any atom is 0.320 e. The molecule has 1 aliphatic rings. The number of carbonyl (C=O) groups is 1. The van der Waals surface area contributed by atoms with Gasteiger partial charge < -0.3 is 10.4 Å². The number of nitrogens with one attached hydrogen (secondary N) is 1. The SMILES string of the molecule is CC(NC1C(C)CCCC1C)C(=O)O. The highest BCUT2D eigenvalue weighted by Gasteiger charge is 2.29. The van der Waals surface area contributed by atoms with Crippen molar-refractivity contribution in [2.45, 2.75) is 52.1 Å². The maximum absolute atomic E-state index is 10.7. The van der Waals surface area contributed by atoms with E-state index in [9.17, 15) is 4.79 Å². The minimum Gasteiger partial charge on any atom is -0.480 e. The van der Waals surface area contributed by atoms with Gasteiger partial charge in [-0.15, -0.1) is 0 Å². The monoisotopic (exact) mass is 199 g/mol. The quantitative estimate of drug-likeness (QED) is 0.729. The summed E-state index contributed by atoms with van der Waals surface area (Å²) in [7, 11) is 0. The zero-order chi connectivity index (χ0) is 10.7. The third kappa shape index (κ3) is 2.71. The Bertz CT molecular complexity index is 195. The van der Waals surface area contributed by atoms with Crippen LogP contribution in [0.5, 0.6) is 0 Å². The fraction of sp³-hybridized carbons (Fsp3) is 0.909. The molecule has 0 aromatic rings. The second kappa shape index (κ2) is 4.78. The highest BCUT2D eigenvalue weighted by molar-refractivity contribution is 5.72. The van der Waals surface area contributed by atoms with Gasteiger partial charge in [0.15, 0.2) is 0 Å². The maximum atomic E-state index is 10.7. The van der Waals surface area contributed by atoms with Crippen molar-refractivity contribution in [3.63, 3.8) is 0 Å². The van der Waals surface area contributed by atoms with Gasteiger partial charge in [0.2, 0.25) is 0 Å². The molecule has 0 spiro atoms. The van der Waals surface area contributed by atoms with Crippen LogP contribution in [0.2, 0.25) is 0 Å². The van der Waals surface area contributed by atoms with Crippen molar-refractivity contribution in [3.05, 3.63) is 0 Å². The predicted molar refractivity (Wildman–Crippen MR) is 56.2 cm³/mol. The van der Waals surface area contributed by atoms with E-state index in [-0.39, 0.29) is 0 Å². The molecule has 1 saturated carbocycles. The Morgan fingerprint density at radius 2 is 1.86 bits per heavy atom. The molecule has 14 heavy (non-hydrogen) atoms. The average molecular weight is 199 g/mol. The summed E-state index contributed by atoms with van der Waals surface area (Å²) in [5.41, 5.74) is 0. The summed E-state index contributed by atoms with van der Waals surface area (Å²) in [6.07, 6.45) is 3.71. The van der Waals surface area contributed by atoms with E-state index in [4.69, 9.17) is 5.11 Å². The molecule has 1 rings (SSSR count). The Hall–Kier alpha value is -0.570. The first-order chi connectivity index (χ1) is 6.52. The zero-order valence-electron chi connectivity index (χ0n) is 9.29. The van der Waals surface area contributed by atoms with Crippen molar-refractivity contribution in [2.24, 2.45) is 11.8 Å². The summed E-state index contributed by atoms with van der Waals surface area (Å²) in [4.78, 5) is 10.7. The van der Waals surface area contributed by atoms with Gasteiger partial charge in [0.05, 0.1) is 0 Å². The summed E-state index contributed by atoms with van der Waals surface area (Å²) in [5, 5.41) is 12.0. The van der Waals surface area contributed by atoms with Crippen molar-refractivity contribution in [3.8, 4) is 0 Å². The van der Waals surface area contributed by atoms with Crippen LogP contribution in [-0.4, -0.2) is 23.2 Å². The van der Waals surface area contributed by atoms with Gasteiger partial charge in [0, 0.05) is 6.04 Å². The van der Waals surface area contributed by atoms with Crippen LogP contribution in [-0.2, 0) is 4.79 Å². The van der Waals surface area contributed by atoms with E-state index in [1.165, 1.54) is 19.3 Å². The summed E-state index contributed by atoms with van der Waals surface area (Å²) in [6.45, 7) is 6.14. The third-order valence-electron chi connectivity index (χ3n) is 3.36. The first-order valence-corrected chi connectivity index (χ1v) is 5.51. The summed E-state index contributed by atoms with van der Waals surface area (Å²) < 4.78 is 0. The molecular weight excluding hydrogens is 178 g/mol. The van der Waals surface area contributed by atoms with Gasteiger partial charge in [0.1, 0.15) is 6.04 Å². The van der Waals surface area contributed by atoms with Gasteiger partial charge in [-0.2, -0.15) is 0 Å². The van der Waals surface area contributed by atoms with Crippen molar-refractivity contribution in [2.75, 3.05) is 0 Å². The first kappa shape index (κ1) is 11.5. The fourth-order valence-corrected chi connectivity index (χ4v) is 2.37. The molecule has 2 N–H and O–H groups in total.